The molecule has 0 aliphatic carbocycles. The average molecular weight is 365 g/mol. The number of amides is 1. The van der Waals surface area contributed by atoms with Gasteiger partial charge in [-0.2, -0.15) is 0 Å². The molecule has 1 aliphatic rings. The van der Waals surface area contributed by atoms with E-state index in [4.69, 9.17) is 4.74 Å². The van der Waals surface area contributed by atoms with Crippen LogP contribution in [0.2, 0.25) is 0 Å². The van der Waals surface area contributed by atoms with Crippen LogP contribution in [0, 0.1) is 13.8 Å². The molecule has 1 heterocycles. The SMILES string of the molecule is CCC(=O)C1=C(O)C(=O)N(c2cccc(C)c2C)C1c1ccccc1OC. The lowest BCUT2D eigenvalue weighted by atomic mass is 9.93. The van der Waals surface area contributed by atoms with E-state index in [1.165, 1.54) is 4.90 Å². The zero-order chi connectivity index (χ0) is 19.7. The van der Waals surface area contributed by atoms with Crippen molar-refractivity contribution in [3.8, 4) is 5.75 Å². The van der Waals surface area contributed by atoms with Crippen LogP contribution < -0.4 is 9.64 Å². The highest BCUT2D eigenvalue weighted by Gasteiger charge is 2.45. The largest absolute Gasteiger partial charge is 0.503 e. The summed E-state index contributed by atoms with van der Waals surface area (Å²) in [5.74, 6) is -0.763. The van der Waals surface area contributed by atoms with Crippen molar-refractivity contribution in [1.82, 2.24) is 0 Å². The van der Waals surface area contributed by atoms with Crippen LogP contribution in [0.15, 0.2) is 53.8 Å². The fourth-order valence-electron chi connectivity index (χ4n) is 3.51. The number of hydrogen-bond donors (Lipinski definition) is 1. The lowest BCUT2D eigenvalue weighted by Gasteiger charge is -2.29. The zero-order valence-electron chi connectivity index (χ0n) is 15.9. The predicted molar refractivity (Wildman–Crippen MR) is 104 cm³/mol. The van der Waals surface area contributed by atoms with E-state index in [0.29, 0.717) is 17.0 Å². The second-order valence-electron chi connectivity index (χ2n) is 6.58. The van der Waals surface area contributed by atoms with Crippen LogP contribution in [0.5, 0.6) is 5.75 Å². The van der Waals surface area contributed by atoms with Crippen LogP contribution in [-0.4, -0.2) is 23.9 Å². The van der Waals surface area contributed by atoms with Crippen LogP contribution in [0.3, 0.4) is 0 Å². The molecule has 2 aromatic carbocycles. The molecule has 1 N–H and O–H groups in total. The van der Waals surface area contributed by atoms with Crippen molar-refractivity contribution in [2.75, 3.05) is 12.0 Å². The molecule has 0 spiro atoms. The number of anilines is 1. The van der Waals surface area contributed by atoms with Gasteiger partial charge in [-0.15, -0.1) is 0 Å². The summed E-state index contributed by atoms with van der Waals surface area (Å²) in [6.45, 7) is 5.60. The molecule has 0 aromatic heterocycles. The first-order chi connectivity index (χ1) is 12.9. The quantitative estimate of drug-likeness (QED) is 0.863. The summed E-state index contributed by atoms with van der Waals surface area (Å²) < 4.78 is 5.47. The summed E-state index contributed by atoms with van der Waals surface area (Å²) in [7, 11) is 1.54. The van der Waals surface area contributed by atoms with E-state index >= 15 is 0 Å². The molecule has 5 heteroatoms. The summed E-state index contributed by atoms with van der Waals surface area (Å²) in [5, 5.41) is 10.6. The highest BCUT2D eigenvalue weighted by Crippen LogP contribution is 2.45. The zero-order valence-corrected chi connectivity index (χ0v) is 15.9. The van der Waals surface area contributed by atoms with E-state index in [1.54, 1.807) is 20.1 Å². The fraction of sp³-hybridized carbons (Fsp3) is 0.273. The molecule has 2 aromatic rings. The summed E-state index contributed by atoms with van der Waals surface area (Å²) in [5.41, 5.74) is 3.39. The molecule has 5 nitrogen and oxygen atoms in total. The standard InChI is InChI=1S/C22H23NO4/c1-5-17(24)19-20(15-10-6-7-12-18(15)27-4)23(22(26)21(19)25)16-11-8-9-13(2)14(16)3/h6-12,20,25H,5H2,1-4H3. The fourth-order valence-corrected chi connectivity index (χ4v) is 3.51. The number of aryl methyl sites for hydroxylation is 1. The number of methoxy groups -OCH3 is 1. The van der Waals surface area contributed by atoms with Crippen molar-refractivity contribution in [2.24, 2.45) is 0 Å². The van der Waals surface area contributed by atoms with Gasteiger partial charge in [0.1, 0.15) is 5.75 Å². The molecule has 27 heavy (non-hydrogen) atoms. The Morgan fingerprint density at radius 3 is 2.52 bits per heavy atom. The number of aliphatic hydroxyl groups is 1. The van der Waals surface area contributed by atoms with Gasteiger partial charge in [0.2, 0.25) is 0 Å². The molecule has 140 valence electrons. The van der Waals surface area contributed by atoms with E-state index < -0.39 is 17.7 Å². The minimum atomic E-state index is -0.735. The number of rotatable bonds is 5. The minimum Gasteiger partial charge on any atom is -0.503 e. The average Bonchev–Trinajstić information content (AvgIpc) is 2.94. The molecule has 0 saturated carbocycles. The molecule has 0 fully saturated rings. The number of ketones is 1. The lowest BCUT2D eigenvalue weighted by Crippen LogP contribution is -2.32. The summed E-state index contributed by atoms with van der Waals surface area (Å²) in [6.07, 6.45) is 0.193. The minimum absolute atomic E-state index is 0.118. The summed E-state index contributed by atoms with van der Waals surface area (Å²) >= 11 is 0. The van der Waals surface area contributed by atoms with Gasteiger partial charge in [0.25, 0.3) is 5.91 Å². The van der Waals surface area contributed by atoms with Gasteiger partial charge in [-0.25, -0.2) is 0 Å². The maximum Gasteiger partial charge on any atom is 0.294 e. The van der Waals surface area contributed by atoms with Gasteiger partial charge in [0.15, 0.2) is 11.5 Å². The van der Waals surface area contributed by atoms with Gasteiger partial charge in [0, 0.05) is 17.7 Å². The number of para-hydroxylation sites is 1. The third-order valence-electron chi connectivity index (χ3n) is 5.10. The van der Waals surface area contributed by atoms with E-state index in [-0.39, 0.29) is 17.8 Å². The van der Waals surface area contributed by atoms with E-state index in [1.807, 2.05) is 50.2 Å². The number of carbonyl (C=O) groups excluding carboxylic acids is 2. The van der Waals surface area contributed by atoms with Crippen molar-refractivity contribution < 1.29 is 19.4 Å². The van der Waals surface area contributed by atoms with Crippen molar-refractivity contribution in [1.29, 1.82) is 0 Å². The Morgan fingerprint density at radius 1 is 1.15 bits per heavy atom. The highest BCUT2D eigenvalue weighted by molar-refractivity contribution is 6.16. The number of ether oxygens (including phenoxy) is 1. The van der Waals surface area contributed by atoms with Crippen LogP contribution in [0.1, 0.15) is 36.1 Å². The Balaban J connectivity index is 2.28. The topological polar surface area (TPSA) is 66.8 Å². The highest BCUT2D eigenvalue weighted by atomic mass is 16.5. The third kappa shape index (κ3) is 2.99. The number of Topliss-reactive ketones (excluding diaryl/α,β-unsaturated/α-hetero) is 1. The predicted octanol–water partition coefficient (Wildman–Crippen LogP) is 4.19. The molecule has 0 saturated heterocycles. The van der Waals surface area contributed by atoms with Crippen molar-refractivity contribution >= 4 is 17.4 Å². The maximum atomic E-state index is 13.0. The van der Waals surface area contributed by atoms with Gasteiger partial charge < -0.3 is 9.84 Å². The first kappa shape index (κ1) is 18.7. The molecule has 0 radical (unpaired) electrons. The second kappa shape index (κ2) is 7.27. The van der Waals surface area contributed by atoms with Gasteiger partial charge in [-0.3, -0.25) is 14.5 Å². The van der Waals surface area contributed by atoms with Crippen LogP contribution >= 0.6 is 0 Å². The van der Waals surface area contributed by atoms with Gasteiger partial charge >= 0.3 is 0 Å². The van der Waals surface area contributed by atoms with Gasteiger partial charge in [0.05, 0.1) is 18.7 Å². The molecule has 1 unspecified atom stereocenters. The van der Waals surface area contributed by atoms with Gasteiger partial charge in [-0.1, -0.05) is 37.3 Å². The summed E-state index contributed by atoms with van der Waals surface area (Å²) in [4.78, 5) is 27.2. The lowest BCUT2D eigenvalue weighted by molar-refractivity contribution is -0.118. The Bertz CT molecular complexity index is 945. The van der Waals surface area contributed by atoms with Crippen LogP contribution in [0.4, 0.5) is 5.69 Å². The monoisotopic (exact) mass is 365 g/mol. The molecule has 0 bridgehead atoms. The van der Waals surface area contributed by atoms with Gasteiger partial charge in [-0.05, 0) is 37.1 Å². The van der Waals surface area contributed by atoms with E-state index in [2.05, 4.69) is 0 Å². The summed E-state index contributed by atoms with van der Waals surface area (Å²) in [6, 6.07) is 12.2. The Morgan fingerprint density at radius 2 is 1.85 bits per heavy atom. The van der Waals surface area contributed by atoms with Crippen molar-refractivity contribution in [3.05, 3.63) is 70.5 Å². The number of benzene rings is 2. The Labute approximate surface area is 158 Å². The third-order valence-corrected chi connectivity index (χ3v) is 5.10. The van der Waals surface area contributed by atoms with Crippen LogP contribution in [0.25, 0.3) is 0 Å². The van der Waals surface area contributed by atoms with E-state index in [0.717, 1.165) is 11.1 Å². The van der Waals surface area contributed by atoms with Crippen LogP contribution in [-0.2, 0) is 9.59 Å². The number of hydrogen-bond acceptors (Lipinski definition) is 4. The molecule has 3 rings (SSSR count). The number of carbonyl (C=O) groups is 2. The molecule has 1 amide bonds. The Kier molecular flexibility index (Phi) is 5.04. The van der Waals surface area contributed by atoms with Crippen molar-refractivity contribution in [2.45, 2.75) is 33.2 Å². The maximum absolute atomic E-state index is 13.0. The molecule has 1 atom stereocenters. The smallest absolute Gasteiger partial charge is 0.294 e. The van der Waals surface area contributed by atoms with Crippen molar-refractivity contribution in [3.63, 3.8) is 0 Å². The first-order valence-electron chi connectivity index (χ1n) is 8.91. The normalized spacial score (nSPS) is 16.8. The molecular weight excluding hydrogens is 342 g/mol. The van der Waals surface area contributed by atoms with E-state index in [9.17, 15) is 14.7 Å². The molecule has 1 aliphatic heterocycles. The number of nitrogens with zero attached hydrogens (tertiary/aromatic N) is 1. The first-order valence-corrected chi connectivity index (χ1v) is 8.91. The number of aliphatic hydroxyl groups excluding tert-OH is 1. The Hall–Kier alpha value is -3.08. The molecular formula is C22H23NO4. The second-order valence-corrected chi connectivity index (χ2v) is 6.58.